The molecule has 20 heavy (non-hydrogen) atoms. The lowest BCUT2D eigenvalue weighted by atomic mass is 10.0. The molecule has 0 unspecified atom stereocenters. The summed E-state index contributed by atoms with van der Waals surface area (Å²) >= 11 is 0. The van der Waals surface area contributed by atoms with Crippen molar-refractivity contribution >= 4 is 22.8 Å². The van der Waals surface area contributed by atoms with Crippen molar-refractivity contribution < 1.29 is 4.79 Å². The van der Waals surface area contributed by atoms with Crippen molar-refractivity contribution in [3.63, 3.8) is 0 Å². The maximum absolute atomic E-state index is 11.7. The smallest absolute Gasteiger partial charge is 0.222 e. The molecular formula is C14H19N5O. The van der Waals surface area contributed by atoms with Gasteiger partial charge in [-0.25, -0.2) is 9.97 Å². The lowest BCUT2D eigenvalue weighted by molar-refractivity contribution is -0.132. The molecule has 0 aromatic carbocycles. The molecule has 0 bridgehead atoms. The van der Waals surface area contributed by atoms with Crippen molar-refractivity contribution in [2.24, 2.45) is 0 Å². The zero-order chi connectivity index (χ0) is 14.1. The van der Waals surface area contributed by atoms with E-state index >= 15 is 0 Å². The standard InChI is InChI=1S/C14H19N5O/c1-2-12(20)18-6-3-10(4-7-18)19-8-5-11-13(15)16-9-17-14(11)19/h5,8-10H,2-4,6-7H2,1H3,(H2,15,16,17). The molecule has 0 aliphatic carbocycles. The fraction of sp³-hybridized carbons (Fsp3) is 0.500. The third-order valence-electron chi connectivity index (χ3n) is 4.05. The van der Waals surface area contributed by atoms with E-state index in [2.05, 4.69) is 14.5 Å². The number of rotatable bonds is 2. The number of fused-ring (bicyclic) bond motifs is 1. The number of piperidine rings is 1. The van der Waals surface area contributed by atoms with E-state index in [9.17, 15) is 4.79 Å². The molecule has 6 nitrogen and oxygen atoms in total. The Morgan fingerprint density at radius 1 is 1.40 bits per heavy atom. The van der Waals surface area contributed by atoms with Crippen LogP contribution in [0.15, 0.2) is 18.6 Å². The Kier molecular flexibility index (Phi) is 3.30. The van der Waals surface area contributed by atoms with E-state index in [0.29, 0.717) is 18.3 Å². The molecule has 1 saturated heterocycles. The number of aromatic nitrogens is 3. The van der Waals surface area contributed by atoms with Gasteiger partial charge in [-0.05, 0) is 18.9 Å². The normalized spacial score (nSPS) is 16.8. The van der Waals surface area contributed by atoms with Gasteiger partial charge in [0.25, 0.3) is 0 Å². The average Bonchev–Trinajstić information content (AvgIpc) is 2.92. The van der Waals surface area contributed by atoms with E-state index in [1.807, 2.05) is 24.1 Å². The molecule has 3 rings (SSSR count). The zero-order valence-corrected chi connectivity index (χ0v) is 11.6. The Bertz CT molecular complexity index is 628. The Morgan fingerprint density at radius 3 is 2.85 bits per heavy atom. The Morgan fingerprint density at radius 2 is 2.15 bits per heavy atom. The van der Waals surface area contributed by atoms with Gasteiger partial charge in [0.15, 0.2) is 0 Å². The lowest BCUT2D eigenvalue weighted by Crippen LogP contribution is -2.38. The second-order valence-corrected chi connectivity index (χ2v) is 5.18. The number of nitrogen functional groups attached to an aromatic ring is 1. The molecule has 0 radical (unpaired) electrons. The van der Waals surface area contributed by atoms with E-state index in [1.54, 1.807) is 0 Å². The summed E-state index contributed by atoms with van der Waals surface area (Å²) in [5.74, 6) is 0.764. The lowest BCUT2D eigenvalue weighted by Gasteiger charge is -2.32. The number of nitrogens with zero attached hydrogens (tertiary/aromatic N) is 4. The molecule has 0 spiro atoms. The fourth-order valence-corrected chi connectivity index (χ4v) is 2.90. The van der Waals surface area contributed by atoms with Crippen LogP contribution in [-0.2, 0) is 4.79 Å². The van der Waals surface area contributed by atoms with E-state index < -0.39 is 0 Å². The molecule has 1 aliphatic heterocycles. The van der Waals surface area contributed by atoms with Crippen molar-refractivity contribution in [1.29, 1.82) is 0 Å². The zero-order valence-electron chi connectivity index (χ0n) is 11.6. The van der Waals surface area contributed by atoms with Gasteiger partial charge in [0.1, 0.15) is 17.8 Å². The second kappa shape index (κ2) is 5.11. The van der Waals surface area contributed by atoms with Crippen LogP contribution in [0.3, 0.4) is 0 Å². The van der Waals surface area contributed by atoms with Crippen LogP contribution < -0.4 is 5.73 Å². The summed E-state index contributed by atoms with van der Waals surface area (Å²) in [6.45, 7) is 3.54. The Labute approximate surface area is 117 Å². The Balaban J connectivity index is 1.80. The van der Waals surface area contributed by atoms with Crippen LogP contribution in [0.5, 0.6) is 0 Å². The molecule has 2 aromatic rings. The number of hydrogen-bond acceptors (Lipinski definition) is 4. The van der Waals surface area contributed by atoms with Gasteiger partial charge < -0.3 is 15.2 Å². The maximum Gasteiger partial charge on any atom is 0.222 e. The highest BCUT2D eigenvalue weighted by molar-refractivity contribution is 5.86. The van der Waals surface area contributed by atoms with Crippen LogP contribution in [-0.4, -0.2) is 38.4 Å². The Hall–Kier alpha value is -2.11. The summed E-state index contributed by atoms with van der Waals surface area (Å²) in [7, 11) is 0. The predicted octanol–water partition coefficient (Wildman–Crippen LogP) is 1.59. The SMILES string of the molecule is CCC(=O)N1CCC(n2ccc3c(N)ncnc32)CC1. The number of likely N-dealkylation sites (tertiary alicyclic amines) is 1. The van der Waals surface area contributed by atoms with E-state index in [-0.39, 0.29) is 5.91 Å². The predicted molar refractivity (Wildman–Crippen MR) is 77.1 cm³/mol. The number of amides is 1. The first-order valence-corrected chi connectivity index (χ1v) is 7.05. The topological polar surface area (TPSA) is 77.0 Å². The first-order valence-electron chi connectivity index (χ1n) is 7.05. The van der Waals surface area contributed by atoms with Crippen molar-refractivity contribution in [1.82, 2.24) is 19.4 Å². The largest absolute Gasteiger partial charge is 0.383 e. The van der Waals surface area contributed by atoms with Crippen molar-refractivity contribution in [2.45, 2.75) is 32.2 Å². The molecule has 1 fully saturated rings. The first kappa shape index (κ1) is 12.9. The van der Waals surface area contributed by atoms with Crippen LogP contribution >= 0.6 is 0 Å². The third kappa shape index (κ3) is 2.11. The van der Waals surface area contributed by atoms with Crippen molar-refractivity contribution in [2.75, 3.05) is 18.8 Å². The molecule has 2 N–H and O–H groups in total. The van der Waals surface area contributed by atoms with E-state index in [0.717, 1.165) is 37.0 Å². The van der Waals surface area contributed by atoms with Crippen molar-refractivity contribution in [3.8, 4) is 0 Å². The molecule has 106 valence electrons. The van der Waals surface area contributed by atoms with Gasteiger partial charge in [-0.15, -0.1) is 0 Å². The van der Waals surface area contributed by atoms with Gasteiger partial charge in [-0.3, -0.25) is 4.79 Å². The highest BCUT2D eigenvalue weighted by Crippen LogP contribution is 2.28. The molecule has 3 heterocycles. The van der Waals surface area contributed by atoms with Crippen molar-refractivity contribution in [3.05, 3.63) is 18.6 Å². The van der Waals surface area contributed by atoms with Crippen LogP contribution in [0, 0.1) is 0 Å². The van der Waals surface area contributed by atoms with E-state index in [1.165, 1.54) is 6.33 Å². The summed E-state index contributed by atoms with van der Waals surface area (Å²) in [6, 6.07) is 2.34. The van der Waals surface area contributed by atoms with Gasteiger partial charge in [0.05, 0.1) is 5.39 Å². The number of nitrogens with two attached hydrogens (primary N) is 1. The van der Waals surface area contributed by atoms with Gasteiger partial charge in [0.2, 0.25) is 5.91 Å². The van der Waals surface area contributed by atoms with Crippen LogP contribution in [0.2, 0.25) is 0 Å². The molecule has 2 aromatic heterocycles. The third-order valence-corrected chi connectivity index (χ3v) is 4.05. The number of carbonyl (C=O) groups is 1. The summed E-state index contributed by atoms with van der Waals surface area (Å²) in [6.07, 6.45) is 6.03. The minimum absolute atomic E-state index is 0.243. The highest BCUT2D eigenvalue weighted by atomic mass is 16.2. The average molecular weight is 273 g/mol. The maximum atomic E-state index is 11.7. The minimum atomic E-state index is 0.243. The summed E-state index contributed by atoms with van der Waals surface area (Å²) < 4.78 is 2.17. The minimum Gasteiger partial charge on any atom is -0.383 e. The van der Waals surface area contributed by atoms with Crippen LogP contribution in [0.4, 0.5) is 5.82 Å². The molecule has 6 heteroatoms. The summed E-state index contributed by atoms with van der Waals surface area (Å²) in [5, 5.41) is 0.902. The van der Waals surface area contributed by atoms with Crippen LogP contribution in [0.25, 0.3) is 11.0 Å². The highest BCUT2D eigenvalue weighted by Gasteiger charge is 2.24. The summed E-state index contributed by atoms with van der Waals surface area (Å²) in [4.78, 5) is 22.0. The van der Waals surface area contributed by atoms with Gasteiger partial charge >= 0.3 is 0 Å². The molecule has 0 saturated carbocycles. The van der Waals surface area contributed by atoms with Gasteiger partial charge in [0, 0.05) is 31.7 Å². The number of hydrogen-bond donors (Lipinski definition) is 1. The molecule has 1 aliphatic rings. The molecule has 0 atom stereocenters. The van der Waals surface area contributed by atoms with Crippen LogP contribution in [0.1, 0.15) is 32.2 Å². The first-order chi connectivity index (χ1) is 9.70. The van der Waals surface area contributed by atoms with E-state index in [4.69, 9.17) is 5.73 Å². The molecule has 1 amide bonds. The van der Waals surface area contributed by atoms with Gasteiger partial charge in [-0.2, -0.15) is 0 Å². The molecular weight excluding hydrogens is 254 g/mol. The summed E-state index contributed by atoms with van der Waals surface area (Å²) in [5.41, 5.74) is 6.75. The van der Waals surface area contributed by atoms with Gasteiger partial charge in [-0.1, -0.05) is 6.92 Å². The number of anilines is 1. The quantitative estimate of drug-likeness (QED) is 0.901. The second-order valence-electron chi connectivity index (χ2n) is 5.18. The number of carbonyl (C=O) groups excluding carboxylic acids is 1. The monoisotopic (exact) mass is 273 g/mol. The fourth-order valence-electron chi connectivity index (χ4n) is 2.90.